The molecule has 0 radical (unpaired) electrons. The van der Waals surface area contributed by atoms with Crippen LogP contribution in [0.1, 0.15) is 31.4 Å². The molecule has 0 aliphatic carbocycles. The highest BCUT2D eigenvalue weighted by molar-refractivity contribution is 8.01. The summed E-state index contributed by atoms with van der Waals surface area (Å²) in [6.45, 7) is 4.65. The third kappa shape index (κ3) is 4.10. The number of anilines is 1. The van der Waals surface area contributed by atoms with E-state index in [0.29, 0.717) is 6.54 Å². The molecule has 1 N–H and O–H groups in total. The maximum atomic E-state index is 12.7. The SMILES string of the molecule is CCc1ccc(CNC(=O)CN2C(=O)[C@H](CC)Sc3ccccc32)cc1. The number of aryl methyl sites for hydroxylation is 1. The Morgan fingerprint density at radius 1 is 1.08 bits per heavy atom. The minimum atomic E-state index is -0.144. The Balaban J connectivity index is 1.66. The summed E-state index contributed by atoms with van der Waals surface area (Å²) in [6.07, 6.45) is 1.75. The summed E-state index contributed by atoms with van der Waals surface area (Å²) in [4.78, 5) is 27.8. The van der Waals surface area contributed by atoms with E-state index in [1.807, 2.05) is 43.3 Å². The first-order chi connectivity index (χ1) is 12.6. The van der Waals surface area contributed by atoms with Crippen molar-refractivity contribution in [2.24, 2.45) is 0 Å². The highest BCUT2D eigenvalue weighted by Gasteiger charge is 2.33. The van der Waals surface area contributed by atoms with Gasteiger partial charge in [0.05, 0.1) is 10.9 Å². The van der Waals surface area contributed by atoms with E-state index < -0.39 is 0 Å². The molecule has 2 aromatic rings. The van der Waals surface area contributed by atoms with Crippen LogP contribution >= 0.6 is 11.8 Å². The second-order valence-corrected chi connectivity index (χ2v) is 7.60. The van der Waals surface area contributed by atoms with E-state index in [1.165, 1.54) is 5.56 Å². The maximum absolute atomic E-state index is 12.7. The molecule has 136 valence electrons. The Labute approximate surface area is 159 Å². The first-order valence-electron chi connectivity index (χ1n) is 9.04. The minimum absolute atomic E-state index is 0.0126. The summed E-state index contributed by atoms with van der Waals surface area (Å²) in [5.41, 5.74) is 3.16. The first kappa shape index (κ1) is 18.5. The van der Waals surface area contributed by atoms with E-state index in [9.17, 15) is 9.59 Å². The van der Waals surface area contributed by atoms with Gasteiger partial charge in [0, 0.05) is 11.4 Å². The average molecular weight is 369 g/mol. The molecular weight excluding hydrogens is 344 g/mol. The zero-order chi connectivity index (χ0) is 18.5. The number of carbonyl (C=O) groups is 2. The number of rotatable bonds is 6. The van der Waals surface area contributed by atoms with Crippen LogP contribution < -0.4 is 10.2 Å². The number of hydrogen-bond acceptors (Lipinski definition) is 3. The Bertz CT molecular complexity index is 789. The van der Waals surface area contributed by atoms with E-state index in [-0.39, 0.29) is 23.6 Å². The van der Waals surface area contributed by atoms with Gasteiger partial charge < -0.3 is 10.2 Å². The smallest absolute Gasteiger partial charge is 0.240 e. The Morgan fingerprint density at radius 3 is 2.46 bits per heavy atom. The number of nitrogens with zero attached hydrogens (tertiary/aromatic N) is 1. The fourth-order valence-corrected chi connectivity index (χ4v) is 4.15. The van der Waals surface area contributed by atoms with Crippen molar-refractivity contribution >= 4 is 29.3 Å². The quantitative estimate of drug-likeness (QED) is 0.844. The van der Waals surface area contributed by atoms with Gasteiger partial charge in [-0.15, -0.1) is 11.8 Å². The lowest BCUT2D eigenvalue weighted by atomic mass is 10.1. The maximum Gasteiger partial charge on any atom is 0.240 e. The topological polar surface area (TPSA) is 49.4 Å². The number of benzene rings is 2. The lowest BCUT2D eigenvalue weighted by molar-refractivity contribution is -0.123. The molecule has 0 saturated carbocycles. The number of fused-ring (bicyclic) bond motifs is 1. The van der Waals surface area contributed by atoms with Gasteiger partial charge in [-0.3, -0.25) is 9.59 Å². The van der Waals surface area contributed by atoms with Gasteiger partial charge in [0.25, 0.3) is 0 Å². The molecule has 0 saturated heterocycles. The fraction of sp³-hybridized carbons (Fsp3) is 0.333. The van der Waals surface area contributed by atoms with Gasteiger partial charge >= 0.3 is 0 Å². The molecule has 0 spiro atoms. The minimum Gasteiger partial charge on any atom is -0.350 e. The summed E-state index contributed by atoms with van der Waals surface area (Å²) < 4.78 is 0. The highest BCUT2D eigenvalue weighted by Crippen LogP contribution is 2.39. The monoisotopic (exact) mass is 368 g/mol. The van der Waals surface area contributed by atoms with E-state index in [1.54, 1.807) is 16.7 Å². The van der Waals surface area contributed by atoms with Gasteiger partial charge in [0.15, 0.2) is 0 Å². The van der Waals surface area contributed by atoms with Crippen molar-refractivity contribution < 1.29 is 9.59 Å². The molecule has 1 atom stereocenters. The third-order valence-corrected chi connectivity index (χ3v) is 5.98. The van der Waals surface area contributed by atoms with Crippen molar-refractivity contribution in [2.75, 3.05) is 11.4 Å². The molecule has 1 aliphatic rings. The molecule has 5 heteroatoms. The van der Waals surface area contributed by atoms with Gasteiger partial charge in [-0.05, 0) is 36.1 Å². The Hall–Kier alpha value is -2.27. The van der Waals surface area contributed by atoms with Crippen LogP contribution in [0.2, 0.25) is 0 Å². The van der Waals surface area contributed by atoms with E-state index >= 15 is 0 Å². The first-order valence-corrected chi connectivity index (χ1v) is 9.92. The van der Waals surface area contributed by atoms with Crippen LogP contribution in [0.15, 0.2) is 53.4 Å². The predicted molar refractivity (Wildman–Crippen MR) is 106 cm³/mol. The summed E-state index contributed by atoms with van der Waals surface area (Å²) >= 11 is 1.59. The molecule has 4 nitrogen and oxygen atoms in total. The van der Waals surface area contributed by atoms with E-state index in [4.69, 9.17) is 0 Å². The lowest BCUT2D eigenvalue weighted by Gasteiger charge is -2.32. The van der Waals surface area contributed by atoms with Crippen molar-refractivity contribution in [1.29, 1.82) is 0 Å². The molecule has 3 rings (SSSR count). The predicted octanol–water partition coefficient (Wildman–Crippen LogP) is 3.78. The number of hydrogen-bond donors (Lipinski definition) is 1. The molecule has 0 bridgehead atoms. The van der Waals surface area contributed by atoms with Crippen molar-refractivity contribution in [3.8, 4) is 0 Å². The standard InChI is InChI=1S/C21H24N2O2S/c1-3-15-9-11-16(12-10-15)13-22-20(24)14-23-17-7-5-6-8-19(17)26-18(4-2)21(23)25/h5-12,18H,3-4,13-14H2,1-2H3,(H,22,24)/t18-/m0/s1. The fourth-order valence-electron chi connectivity index (χ4n) is 2.99. The zero-order valence-electron chi connectivity index (χ0n) is 15.2. The second-order valence-electron chi connectivity index (χ2n) is 6.35. The number of thioether (sulfide) groups is 1. The van der Waals surface area contributed by atoms with Crippen LogP contribution in [0.5, 0.6) is 0 Å². The Morgan fingerprint density at radius 2 is 1.77 bits per heavy atom. The zero-order valence-corrected chi connectivity index (χ0v) is 16.0. The molecule has 2 aromatic carbocycles. The normalized spacial score (nSPS) is 16.3. The second kappa shape index (κ2) is 8.41. The van der Waals surface area contributed by atoms with Gasteiger partial charge in [-0.2, -0.15) is 0 Å². The number of amides is 2. The van der Waals surface area contributed by atoms with Crippen molar-refractivity contribution in [2.45, 2.75) is 43.4 Å². The Kier molecular flexibility index (Phi) is 5.99. The molecule has 1 aliphatic heterocycles. The van der Waals surface area contributed by atoms with Gasteiger partial charge in [-0.25, -0.2) is 0 Å². The van der Waals surface area contributed by atoms with Crippen LogP contribution in [-0.4, -0.2) is 23.6 Å². The van der Waals surface area contributed by atoms with Crippen LogP contribution in [-0.2, 0) is 22.6 Å². The highest BCUT2D eigenvalue weighted by atomic mass is 32.2. The van der Waals surface area contributed by atoms with Crippen LogP contribution in [0, 0.1) is 0 Å². The largest absolute Gasteiger partial charge is 0.350 e. The summed E-state index contributed by atoms with van der Waals surface area (Å²) in [7, 11) is 0. The van der Waals surface area contributed by atoms with Gasteiger partial charge in [-0.1, -0.05) is 50.2 Å². The van der Waals surface area contributed by atoms with Crippen molar-refractivity contribution in [3.05, 3.63) is 59.7 Å². The average Bonchev–Trinajstić information content (AvgIpc) is 2.68. The van der Waals surface area contributed by atoms with Crippen LogP contribution in [0.4, 0.5) is 5.69 Å². The van der Waals surface area contributed by atoms with Gasteiger partial charge in [0.2, 0.25) is 11.8 Å². The van der Waals surface area contributed by atoms with E-state index in [2.05, 4.69) is 24.4 Å². The molecule has 1 heterocycles. The number of nitrogens with one attached hydrogen (secondary N) is 1. The third-order valence-electron chi connectivity index (χ3n) is 4.56. The molecule has 0 unspecified atom stereocenters. The summed E-state index contributed by atoms with van der Waals surface area (Å²) in [6, 6.07) is 16.0. The molecular formula is C21H24N2O2S. The van der Waals surface area contributed by atoms with Gasteiger partial charge in [0.1, 0.15) is 6.54 Å². The summed E-state index contributed by atoms with van der Waals surface area (Å²) in [5, 5.41) is 2.80. The molecule has 26 heavy (non-hydrogen) atoms. The van der Waals surface area contributed by atoms with Crippen LogP contribution in [0.25, 0.3) is 0 Å². The lowest BCUT2D eigenvalue weighted by Crippen LogP contribution is -2.46. The molecule has 2 amide bonds. The van der Waals surface area contributed by atoms with Crippen molar-refractivity contribution in [1.82, 2.24) is 5.32 Å². The number of carbonyl (C=O) groups excluding carboxylic acids is 2. The summed E-state index contributed by atoms with van der Waals surface area (Å²) in [5.74, 6) is -0.131. The molecule has 0 aromatic heterocycles. The van der Waals surface area contributed by atoms with E-state index in [0.717, 1.165) is 29.0 Å². The molecule has 0 fully saturated rings. The van der Waals surface area contributed by atoms with Crippen molar-refractivity contribution in [3.63, 3.8) is 0 Å². The van der Waals surface area contributed by atoms with Crippen LogP contribution in [0.3, 0.4) is 0 Å². The number of para-hydroxylation sites is 1.